The van der Waals surface area contributed by atoms with Crippen molar-refractivity contribution in [3.8, 4) is 0 Å². The lowest BCUT2D eigenvalue weighted by molar-refractivity contribution is 0.101. The van der Waals surface area contributed by atoms with E-state index in [4.69, 9.17) is 0 Å². The van der Waals surface area contributed by atoms with Crippen LogP contribution in [0.2, 0.25) is 0 Å². The molecule has 2 heterocycles. The summed E-state index contributed by atoms with van der Waals surface area (Å²) < 4.78 is 1.95. The number of ketones is 1. The lowest BCUT2D eigenvalue weighted by atomic mass is 10.1. The molecule has 0 unspecified atom stereocenters. The molecule has 2 aromatic rings. The number of imidazole rings is 1. The van der Waals surface area contributed by atoms with Crippen molar-refractivity contribution in [2.24, 2.45) is 0 Å². The summed E-state index contributed by atoms with van der Waals surface area (Å²) in [7, 11) is 0. The van der Waals surface area contributed by atoms with Gasteiger partial charge in [0.15, 0.2) is 5.78 Å². The van der Waals surface area contributed by atoms with E-state index in [1.807, 2.05) is 10.5 Å². The Morgan fingerprint density at radius 2 is 2.27 bits per heavy atom. The van der Waals surface area contributed by atoms with Gasteiger partial charge in [0.25, 0.3) is 0 Å². The van der Waals surface area contributed by atoms with E-state index in [1.165, 1.54) is 18.4 Å². The summed E-state index contributed by atoms with van der Waals surface area (Å²) in [4.78, 5) is 15.4. The first-order valence-electron chi connectivity index (χ1n) is 5.23. The van der Waals surface area contributed by atoms with Gasteiger partial charge in [-0.2, -0.15) is 0 Å². The van der Waals surface area contributed by atoms with Crippen molar-refractivity contribution in [3.63, 3.8) is 0 Å². The maximum absolute atomic E-state index is 11.3. The Morgan fingerprint density at radius 3 is 2.93 bits per heavy atom. The Morgan fingerprint density at radius 1 is 1.47 bits per heavy atom. The van der Waals surface area contributed by atoms with E-state index < -0.39 is 0 Å². The van der Waals surface area contributed by atoms with Gasteiger partial charge in [0.2, 0.25) is 0 Å². The van der Waals surface area contributed by atoms with Gasteiger partial charge in [-0.3, -0.25) is 4.79 Å². The van der Waals surface area contributed by atoms with Gasteiger partial charge in [-0.1, -0.05) is 6.07 Å². The number of hydrogen-bond acceptors (Lipinski definition) is 2. The second-order valence-corrected chi connectivity index (χ2v) is 4.18. The molecule has 1 aliphatic rings. The second-order valence-electron chi connectivity index (χ2n) is 4.18. The van der Waals surface area contributed by atoms with Crippen molar-refractivity contribution in [3.05, 3.63) is 35.9 Å². The number of aromatic nitrogens is 2. The fraction of sp³-hybridized carbons (Fsp3) is 0.333. The standard InChI is InChI=1S/C12H12N2O/c1-8(15)12-11-5-4-10(9-2-3-9)6-14(11)7-13-12/h4-7,9H,2-3H2,1H3. The average molecular weight is 200 g/mol. The summed E-state index contributed by atoms with van der Waals surface area (Å²) in [5.74, 6) is 0.759. The third kappa shape index (κ3) is 1.35. The zero-order chi connectivity index (χ0) is 10.4. The molecule has 0 atom stereocenters. The van der Waals surface area contributed by atoms with Crippen molar-refractivity contribution in [2.75, 3.05) is 0 Å². The maximum Gasteiger partial charge on any atom is 0.180 e. The van der Waals surface area contributed by atoms with E-state index in [2.05, 4.69) is 17.2 Å². The maximum atomic E-state index is 11.3. The minimum atomic E-state index is 0.0247. The van der Waals surface area contributed by atoms with Gasteiger partial charge in [0.1, 0.15) is 12.0 Å². The molecule has 1 saturated carbocycles. The van der Waals surface area contributed by atoms with Crippen LogP contribution >= 0.6 is 0 Å². The van der Waals surface area contributed by atoms with Crippen LogP contribution in [-0.4, -0.2) is 15.2 Å². The van der Waals surface area contributed by atoms with Crippen LogP contribution in [0.1, 0.15) is 41.7 Å². The molecule has 1 aliphatic carbocycles. The van der Waals surface area contributed by atoms with Crippen LogP contribution in [-0.2, 0) is 0 Å². The number of Topliss-reactive ketones (excluding diaryl/α,β-unsaturated/α-hetero) is 1. The van der Waals surface area contributed by atoms with Crippen LogP contribution in [0.25, 0.3) is 5.52 Å². The lowest BCUT2D eigenvalue weighted by Gasteiger charge is -2.00. The predicted octanol–water partition coefficient (Wildman–Crippen LogP) is 2.41. The van der Waals surface area contributed by atoms with Gasteiger partial charge in [-0.05, 0) is 30.4 Å². The molecule has 0 bridgehead atoms. The summed E-state index contributed by atoms with van der Waals surface area (Å²) in [6.45, 7) is 1.55. The SMILES string of the molecule is CC(=O)c1ncn2cc(C3CC3)ccc12. The summed E-state index contributed by atoms with van der Waals surface area (Å²) in [6.07, 6.45) is 6.39. The number of rotatable bonds is 2. The Bertz CT molecular complexity index is 538. The molecule has 1 fully saturated rings. The van der Waals surface area contributed by atoms with Gasteiger partial charge < -0.3 is 4.40 Å². The molecule has 3 nitrogen and oxygen atoms in total. The molecule has 2 aromatic heterocycles. The Labute approximate surface area is 87.7 Å². The third-order valence-electron chi connectivity index (χ3n) is 2.94. The van der Waals surface area contributed by atoms with Crippen LogP contribution in [0.4, 0.5) is 0 Å². The molecule has 0 radical (unpaired) electrons. The lowest BCUT2D eigenvalue weighted by Crippen LogP contribution is -1.94. The molecule has 0 N–H and O–H groups in total. The van der Waals surface area contributed by atoms with Gasteiger partial charge in [0, 0.05) is 13.1 Å². The molecule has 0 amide bonds. The van der Waals surface area contributed by atoms with Crippen molar-refractivity contribution >= 4 is 11.3 Å². The molecule has 0 spiro atoms. The Hall–Kier alpha value is -1.64. The quantitative estimate of drug-likeness (QED) is 0.698. The first-order valence-corrected chi connectivity index (χ1v) is 5.23. The molecular weight excluding hydrogens is 188 g/mol. The highest BCUT2D eigenvalue weighted by Gasteiger charge is 2.24. The highest BCUT2D eigenvalue weighted by Crippen LogP contribution is 2.39. The molecule has 3 rings (SSSR count). The third-order valence-corrected chi connectivity index (χ3v) is 2.94. The Balaban J connectivity index is 2.17. The minimum Gasteiger partial charge on any atom is -0.305 e. The van der Waals surface area contributed by atoms with Crippen LogP contribution < -0.4 is 0 Å². The van der Waals surface area contributed by atoms with Crippen LogP contribution in [0, 0.1) is 0 Å². The van der Waals surface area contributed by atoms with E-state index in [1.54, 1.807) is 13.3 Å². The second kappa shape index (κ2) is 2.92. The number of fused-ring (bicyclic) bond motifs is 1. The normalized spacial score (nSPS) is 15.8. The number of carbonyl (C=O) groups excluding carboxylic acids is 1. The van der Waals surface area contributed by atoms with Crippen LogP contribution in [0.15, 0.2) is 24.7 Å². The van der Waals surface area contributed by atoms with Crippen LogP contribution in [0.3, 0.4) is 0 Å². The summed E-state index contributed by atoms with van der Waals surface area (Å²) in [5, 5.41) is 0. The number of hydrogen-bond donors (Lipinski definition) is 0. The van der Waals surface area contributed by atoms with E-state index >= 15 is 0 Å². The summed E-state index contributed by atoms with van der Waals surface area (Å²) in [5.41, 5.74) is 2.83. The highest BCUT2D eigenvalue weighted by atomic mass is 16.1. The summed E-state index contributed by atoms with van der Waals surface area (Å²) in [6, 6.07) is 4.11. The highest BCUT2D eigenvalue weighted by molar-refractivity contribution is 5.98. The first kappa shape index (κ1) is 8.65. The van der Waals surface area contributed by atoms with Crippen LogP contribution in [0.5, 0.6) is 0 Å². The zero-order valence-corrected chi connectivity index (χ0v) is 8.60. The Kier molecular flexibility index (Phi) is 1.69. The largest absolute Gasteiger partial charge is 0.305 e. The van der Waals surface area contributed by atoms with Crippen molar-refractivity contribution in [2.45, 2.75) is 25.7 Å². The number of pyridine rings is 1. The van der Waals surface area contributed by atoms with E-state index in [9.17, 15) is 4.79 Å². The predicted molar refractivity (Wildman–Crippen MR) is 57.2 cm³/mol. The van der Waals surface area contributed by atoms with Gasteiger partial charge in [-0.25, -0.2) is 4.98 Å². The fourth-order valence-electron chi connectivity index (χ4n) is 1.95. The number of nitrogens with zero attached hydrogens (tertiary/aromatic N) is 2. The van der Waals surface area contributed by atoms with Gasteiger partial charge in [-0.15, -0.1) is 0 Å². The van der Waals surface area contributed by atoms with Crippen molar-refractivity contribution in [1.29, 1.82) is 0 Å². The molecular formula is C12H12N2O. The molecule has 0 aliphatic heterocycles. The van der Waals surface area contributed by atoms with Crippen molar-refractivity contribution in [1.82, 2.24) is 9.38 Å². The molecule has 0 saturated heterocycles. The zero-order valence-electron chi connectivity index (χ0n) is 8.60. The number of carbonyl (C=O) groups is 1. The molecule has 76 valence electrons. The smallest absolute Gasteiger partial charge is 0.180 e. The van der Waals surface area contributed by atoms with E-state index in [0.29, 0.717) is 5.69 Å². The molecule has 0 aromatic carbocycles. The average Bonchev–Trinajstić information content (AvgIpc) is 2.97. The molecule has 3 heteroatoms. The van der Waals surface area contributed by atoms with Crippen molar-refractivity contribution < 1.29 is 4.79 Å². The summed E-state index contributed by atoms with van der Waals surface area (Å²) >= 11 is 0. The van der Waals surface area contributed by atoms with E-state index in [0.717, 1.165) is 11.4 Å². The van der Waals surface area contributed by atoms with E-state index in [-0.39, 0.29) is 5.78 Å². The topological polar surface area (TPSA) is 34.4 Å². The van der Waals surface area contributed by atoms with Gasteiger partial charge in [0.05, 0.1) is 5.52 Å². The van der Waals surface area contributed by atoms with Gasteiger partial charge >= 0.3 is 0 Å². The fourth-order valence-corrected chi connectivity index (χ4v) is 1.95. The monoisotopic (exact) mass is 200 g/mol. The minimum absolute atomic E-state index is 0.0247. The first-order chi connectivity index (χ1) is 7.25. The molecule has 15 heavy (non-hydrogen) atoms.